The number of aryl methyl sites for hydroxylation is 1. The number of ether oxygens (including phenoxy) is 2. The van der Waals surface area contributed by atoms with Crippen molar-refractivity contribution in [1.82, 2.24) is 9.88 Å². The van der Waals surface area contributed by atoms with Crippen LogP contribution in [0.3, 0.4) is 0 Å². The number of nitrogens with zero attached hydrogens (tertiary/aromatic N) is 1. The fourth-order valence-electron chi connectivity index (χ4n) is 3.07. The lowest BCUT2D eigenvalue weighted by Crippen LogP contribution is -2.27. The first kappa shape index (κ1) is 23.6. The van der Waals surface area contributed by atoms with Crippen molar-refractivity contribution in [1.29, 1.82) is 0 Å². The quantitative estimate of drug-likeness (QED) is 0.333. The molecule has 2 aromatic rings. The van der Waals surface area contributed by atoms with Crippen LogP contribution in [0.4, 0.5) is 0 Å². The Balaban J connectivity index is 1.77. The number of halogens is 1. The molecule has 0 fully saturated rings. The number of hydrogen-bond acceptors (Lipinski definition) is 5. The lowest BCUT2D eigenvalue weighted by atomic mass is 10.1. The number of esters is 1. The van der Waals surface area contributed by atoms with Gasteiger partial charge in [-0.2, -0.15) is 0 Å². The Morgan fingerprint density at radius 3 is 2.50 bits per heavy atom. The van der Waals surface area contributed by atoms with Crippen molar-refractivity contribution in [2.45, 2.75) is 33.2 Å². The van der Waals surface area contributed by atoms with Gasteiger partial charge in [0.15, 0.2) is 6.61 Å². The van der Waals surface area contributed by atoms with E-state index in [2.05, 4.69) is 9.88 Å². The molecule has 30 heavy (non-hydrogen) atoms. The molecule has 8 heteroatoms. The number of benzene rings is 1. The number of rotatable bonds is 11. The molecule has 1 heterocycles. The average Bonchev–Trinajstić information content (AvgIpc) is 3.01. The number of amides is 1. The van der Waals surface area contributed by atoms with E-state index in [9.17, 15) is 14.4 Å². The normalized spacial score (nSPS) is 10.7. The van der Waals surface area contributed by atoms with E-state index in [4.69, 9.17) is 21.1 Å². The molecule has 0 radical (unpaired) electrons. The Kier molecular flexibility index (Phi) is 9.08. The second kappa shape index (κ2) is 11.5. The lowest BCUT2D eigenvalue weighted by molar-refractivity contribution is -0.142. The van der Waals surface area contributed by atoms with E-state index in [1.165, 1.54) is 0 Å². The van der Waals surface area contributed by atoms with Crippen LogP contribution in [0, 0.1) is 13.8 Å². The first-order chi connectivity index (χ1) is 14.3. The van der Waals surface area contributed by atoms with E-state index < -0.39 is 5.97 Å². The summed E-state index contributed by atoms with van der Waals surface area (Å²) in [5.74, 6) is -1.11. The van der Waals surface area contributed by atoms with Gasteiger partial charge in [0.05, 0.1) is 6.42 Å². The molecule has 2 rings (SSSR count). The third-order valence-corrected chi connectivity index (χ3v) is 4.94. The largest absolute Gasteiger partial charge is 0.457 e. The zero-order chi connectivity index (χ0) is 22.1. The van der Waals surface area contributed by atoms with Crippen LogP contribution >= 0.6 is 11.6 Å². The summed E-state index contributed by atoms with van der Waals surface area (Å²) in [7, 11) is 1.65. The van der Waals surface area contributed by atoms with E-state index in [0.29, 0.717) is 22.8 Å². The molecular weight excluding hydrogens is 408 g/mol. The van der Waals surface area contributed by atoms with Crippen molar-refractivity contribution in [3.63, 3.8) is 0 Å². The molecule has 0 aliphatic rings. The van der Waals surface area contributed by atoms with Crippen LogP contribution in [0.1, 0.15) is 44.9 Å². The van der Waals surface area contributed by atoms with Crippen molar-refractivity contribution in [3.8, 4) is 0 Å². The highest BCUT2D eigenvalue weighted by Gasteiger charge is 2.17. The summed E-state index contributed by atoms with van der Waals surface area (Å²) in [4.78, 5) is 36.4. The lowest BCUT2D eigenvalue weighted by Gasteiger charge is -2.09. The van der Waals surface area contributed by atoms with Crippen LogP contribution in [0.25, 0.3) is 0 Å². The van der Waals surface area contributed by atoms with Gasteiger partial charge in [0.25, 0.3) is 5.91 Å². The van der Waals surface area contributed by atoms with Crippen molar-refractivity contribution < 1.29 is 23.9 Å². The number of carbonyl (C=O) groups is 3. The first-order valence-electron chi connectivity index (χ1n) is 9.71. The van der Waals surface area contributed by atoms with Gasteiger partial charge in [0, 0.05) is 54.3 Å². The molecule has 0 saturated carbocycles. The summed E-state index contributed by atoms with van der Waals surface area (Å²) in [5, 5.41) is 3.17. The molecule has 0 aliphatic heterocycles. The second-order valence-electron chi connectivity index (χ2n) is 6.88. The zero-order valence-electron chi connectivity index (χ0n) is 17.5. The maximum atomic E-state index is 12.5. The Labute approximate surface area is 181 Å². The third-order valence-electron chi connectivity index (χ3n) is 4.69. The van der Waals surface area contributed by atoms with Crippen molar-refractivity contribution in [2.75, 3.05) is 26.9 Å². The van der Waals surface area contributed by atoms with Gasteiger partial charge in [-0.3, -0.25) is 14.4 Å². The molecule has 1 aromatic carbocycles. The third kappa shape index (κ3) is 6.71. The van der Waals surface area contributed by atoms with E-state index in [1.54, 1.807) is 31.4 Å². The van der Waals surface area contributed by atoms with Crippen LogP contribution in [0.15, 0.2) is 30.3 Å². The summed E-state index contributed by atoms with van der Waals surface area (Å²) in [6.07, 6.45) is 0.819. The van der Waals surface area contributed by atoms with Gasteiger partial charge in [-0.15, -0.1) is 0 Å². The summed E-state index contributed by atoms with van der Waals surface area (Å²) in [6, 6.07) is 8.24. The van der Waals surface area contributed by atoms with Gasteiger partial charge in [-0.05, 0) is 50.6 Å². The van der Waals surface area contributed by atoms with Gasteiger partial charge in [-0.25, -0.2) is 0 Å². The van der Waals surface area contributed by atoms with Crippen molar-refractivity contribution in [3.05, 3.63) is 57.9 Å². The second-order valence-corrected chi connectivity index (χ2v) is 7.32. The van der Waals surface area contributed by atoms with Gasteiger partial charge in [-0.1, -0.05) is 11.6 Å². The van der Waals surface area contributed by atoms with Crippen LogP contribution in [-0.2, 0) is 20.8 Å². The molecule has 162 valence electrons. The predicted molar refractivity (Wildman–Crippen MR) is 114 cm³/mol. The number of hydrogen-bond donors (Lipinski definition) is 1. The Morgan fingerprint density at radius 2 is 1.83 bits per heavy atom. The van der Waals surface area contributed by atoms with Gasteiger partial charge in [0.2, 0.25) is 5.78 Å². The number of Topliss-reactive ketones (excluding diaryl/α,β-unsaturated/α-hetero) is 1. The summed E-state index contributed by atoms with van der Waals surface area (Å²) in [5.41, 5.74) is 2.82. The van der Waals surface area contributed by atoms with Gasteiger partial charge >= 0.3 is 5.97 Å². The maximum absolute atomic E-state index is 12.5. The Bertz CT molecular complexity index is 890. The molecule has 0 aliphatic carbocycles. The fourth-order valence-corrected chi connectivity index (χ4v) is 3.20. The summed E-state index contributed by atoms with van der Waals surface area (Å²) >= 11 is 5.79. The highest BCUT2D eigenvalue weighted by Crippen LogP contribution is 2.16. The topological polar surface area (TPSA) is 86.6 Å². The first-order valence-corrected chi connectivity index (χ1v) is 10.1. The van der Waals surface area contributed by atoms with Crippen LogP contribution in [-0.4, -0.2) is 49.1 Å². The van der Waals surface area contributed by atoms with Crippen molar-refractivity contribution in [2.24, 2.45) is 0 Å². The number of aromatic nitrogens is 1. The van der Waals surface area contributed by atoms with E-state index in [-0.39, 0.29) is 31.3 Å². The standard InChI is InChI=1S/C22H27ClN2O5/c1-15-13-19(16(2)25(15)11-4-12-29-3)20(26)14-30-21(27)9-10-24-22(28)17-5-7-18(23)8-6-17/h5-8,13H,4,9-12,14H2,1-3H3,(H,24,28). The summed E-state index contributed by atoms with van der Waals surface area (Å²) in [6.45, 7) is 5.00. The number of methoxy groups -OCH3 is 1. The minimum absolute atomic E-state index is 0.0251. The Morgan fingerprint density at radius 1 is 1.13 bits per heavy atom. The monoisotopic (exact) mass is 434 g/mol. The molecule has 1 aromatic heterocycles. The SMILES string of the molecule is COCCCn1c(C)cc(C(=O)COC(=O)CCNC(=O)c2ccc(Cl)cc2)c1C. The number of nitrogens with one attached hydrogen (secondary N) is 1. The number of ketones is 1. The minimum Gasteiger partial charge on any atom is -0.457 e. The molecule has 0 atom stereocenters. The van der Waals surface area contributed by atoms with E-state index in [1.807, 2.05) is 19.9 Å². The maximum Gasteiger partial charge on any atom is 0.308 e. The number of carbonyl (C=O) groups excluding carboxylic acids is 3. The van der Waals surface area contributed by atoms with E-state index >= 15 is 0 Å². The van der Waals surface area contributed by atoms with Crippen LogP contribution in [0.2, 0.25) is 5.02 Å². The summed E-state index contributed by atoms with van der Waals surface area (Å²) < 4.78 is 12.2. The highest BCUT2D eigenvalue weighted by molar-refractivity contribution is 6.30. The average molecular weight is 435 g/mol. The minimum atomic E-state index is -0.548. The molecule has 0 spiro atoms. The van der Waals surface area contributed by atoms with E-state index in [0.717, 1.165) is 24.4 Å². The van der Waals surface area contributed by atoms with Gasteiger partial charge in [0.1, 0.15) is 0 Å². The molecule has 0 bridgehead atoms. The highest BCUT2D eigenvalue weighted by atomic mass is 35.5. The van der Waals surface area contributed by atoms with Crippen LogP contribution in [0.5, 0.6) is 0 Å². The molecule has 7 nitrogen and oxygen atoms in total. The smallest absolute Gasteiger partial charge is 0.308 e. The van der Waals surface area contributed by atoms with Crippen molar-refractivity contribution >= 4 is 29.3 Å². The molecule has 0 unspecified atom stereocenters. The molecule has 0 saturated heterocycles. The van der Waals surface area contributed by atoms with Gasteiger partial charge < -0.3 is 19.4 Å². The zero-order valence-corrected chi connectivity index (χ0v) is 18.3. The molecule has 1 N–H and O–H groups in total. The fraction of sp³-hybridized carbons (Fsp3) is 0.409. The Hall–Kier alpha value is -2.64. The predicted octanol–water partition coefficient (Wildman–Crippen LogP) is 3.34. The van der Waals surface area contributed by atoms with Crippen LogP contribution < -0.4 is 5.32 Å². The molecular formula is C22H27ClN2O5. The molecule has 1 amide bonds.